The molecule has 2 aromatic carbocycles. The Balaban J connectivity index is 2.28. The van der Waals surface area contributed by atoms with Crippen LogP contribution in [-0.4, -0.2) is 33.4 Å². The topological polar surface area (TPSA) is 94.8 Å². The van der Waals surface area contributed by atoms with E-state index in [-0.39, 0.29) is 23.6 Å². The van der Waals surface area contributed by atoms with Crippen molar-refractivity contribution >= 4 is 18.9 Å². The number of aliphatic carboxylic acids is 1. The van der Waals surface area contributed by atoms with E-state index in [4.69, 9.17) is 5.11 Å². The molecule has 0 amide bonds. The van der Waals surface area contributed by atoms with Crippen LogP contribution in [0.2, 0.25) is 0 Å². The van der Waals surface area contributed by atoms with Crippen molar-refractivity contribution in [2.75, 3.05) is 12.3 Å². The van der Waals surface area contributed by atoms with Gasteiger partial charge in [-0.1, -0.05) is 36.4 Å². The van der Waals surface area contributed by atoms with E-state index in [1.54, 1.807) is 13.0 Å². The highest BCUT2D eigenvalue weighted by atomic mass is 31.2. The number of carboxylic acid groups (broad SMARTS) is 1. The SMILES string of the molecule is Cc1cc(C)c(/C(=C\C(=O)O)CP(=O)(O)CCc2ccccc2)c(O)c1. The molecule has 1 unspecified atom stereocenters. The van der Waals surface area contributed by atoms with Gasteiger partial charge < -0.3 is 15.1 Å². The number of hydrogen-bond acceptors (Lipinski definition) is 3. The highest BCUT2D eigenvalue weighted by Gasteiger charge is 2.24. The number of carbonyl (C=O) groups is 1. The van der Waals surface area contributed by atoms with E-state index in [9.17, 15) is 19.4 Å². The van der Waals surface area contributed by atoms with E-state index in [0.29, 0.717) is 17.5 Å². The summed E-state index contributed by atoms with van der Waals surface area (Å²) in [6.07, 6.45) is 1.07. The van der Waals surface area contributed by atoms with Crippen LogP contribution in [0.4, 0.5) is 0 Å². The van der Waals surface area contributed by atoms with Crippen molar-refractivity contribution in [3.05, 3.63) is 70.8 Å². The van der Waals surface area contributed by atoms with Crippen molar-refractivity contribution in [1.29, 1.82) is 0 Å². The molecule has 0 saturated carbocycles. The Kier molecular flexibility index (Phi) is 6.41. The van der Waals surface area contributed by atoms with E-state index >= 15 is 0 Å². The maximum Gasteiger partial charge on any atom is 0.328 e. The van der Waals surface area contributed by atoms with E-state index < -0.39 is 13.3 Å². The maximum atomic E-state index is 12.7. The largest absolute Gasteiger partial charge is 0.507 e. The zero-order valence-electron chi connectivity index (χ0n) is 14.8. The zero-order chi connectivity index (χ0) is 19.3. The van der Waals surface area contributed by atoms with Crippen LogP contribution in [0, 0.1) is 13.8 Å². The van der Waals surface area contributed by atoms with Gasteiger partial charge in [0.05, 0.1) is 6.16 Å². The second-order valence-electron chi connectivity index (χ2n) is 6.45. The lowest BCUT2D eigenvalue weighted by molar-refractivity contribution is -0.131. The highest BCUT2D eigenvalue weighted by Crippen LogP contribution is 2.46. The molecule has 0 heterocycles. The molecule has 6 heteroatoms. The van der Waals surface area contributed by atoms with Gasteiger partial charge in [-0.05, 0) is 48.6 Å². The summed E-state index contributed by atoms with van der Waals surface area (Å²) in [5, 5.41) is 19.4. The van der Waals surface area contributed by atoms with Crippen molar-refractivity contribution in [2.45, 2.75) is 20.3 Å². The number of rotatable bonds is 7. The molecule has 0 aliphatic carbocycles. The summed E-state index contributed by atoms with van der Waals surface area (Å²) in [5.41, 5.74) is 2.91. The van der Waals surface area contributed by atoms with Crippen molar-refractivity contribution in [3.8, 4) is 5.75 Å². The van der Waals surface area contributed by atoms with Gasteiger partial charge >= 0.3 is 5.97 Å². The molecule has 26 heavy (non-hydrogen) atoms. The lowest BCUT2D eigenvalue weighted by Gasteiger charge is -2.17. The molecule has 0 aromatic heterocycles. The number of hydrogen-bond donors (Lipinski definition) is 3. The average Bonchev–Trinajstić information content (AvgIpc) is 2.52. The van der Waals surface area contributed by atoms with E-state index in [0.717, 1.165) is 17.2 Å². The molecule has 0 aliphatic rings. The predicted molar refractivity (Wildman–Crippen MR) is 103 cm³/mol. The molecular formula is C20H23O5P. The van der Waals surface area contributed by atoms with Crippen LogP contribution in [0.25, 0.3) is 5.57 Å². The van der Waals surface area contributed by atoms with Gasteiger partial charge in [0, 0.05) is 17.8 Å². The van der Waals surface area contributed by atoms with Gasteiger partial charge in [-0.3, -0.25) is 4.57 Å². The fraction of sp³-hybridized carbons (Fsp3) is 0.250. The molecule has 0 saturated heterocycles. The van der Waals surface area contributed by atoms with Crippen LogP contribution >= 0.6 is 7.37 Å². The molecule has 0 radical (unpaired) electrons. The first-order chi connectivity index (χ1) is 12.2. The van der Waals surface area contributed by atoms with Gasteiger partial charge in [0.2, 0.25) is 7.37 Å². The number of carboxylic acids is 1. The van der Waals surface area contributed by atoms with Crippen molar-refractivity contribution in [1.82, 2.24) is 0 Å². The molecule has 0 bridgehead atoms. The highest BCUT2D eigenvalue weighted by molar-refractivity contribution is 7.58. The summed E-state index contributed by atoms with van der Waals surface area (Å²) in [6, 6.07) is 12.7. The van der Waals surface area contributed by atoms with Crippen molar-refractivity contribution in [3.63, 3.8) is 0 Å². The fourth-order valence-corrected chi connectivity index (χ4v) is 4.55. The third-order valence-electron chi connectivity index (χ3n) is 4.09. The number of aryl methyl sites for hydroxylation is 3. The van der Waals surface area contributed by atoms with Crippen LogP contribution in [0.1, 0.15) is 22.3 Å². The summed E-state index contributed by atoms with van der Waals surface area (Å²) >= 11 is 0. The van der Waals surface area contributed by atoms with Gasteiger partial charge in [-0.15, -0.1) is 0 Å². The molecule has 2 rings (SSSR count). The predicted octanol–water partition coefficient (Wildman–Crippen LogP) is 3.99. The number of phenols is 1. The number of aromatic hydroxyl groups is 1. The first-order valence-corrected chi connectivity index (χ1v) is 10.3. The summed E-state index contributed by atoms with van der Waals surface area (Å²) in [5.74, 6) is -1.31. The third kappa shape index (κ3) is 5.58. The summed E-state index contributed by atoms with van der Waals surface area (Å²) in [7, 11) is -3.63. The Morgan fingerprint density at radius 2 is 1.81 bits per heavy atom. The number of benzene rings is 2. The second-order valence-corrected chi connectivity index (χ2v) is 8.90. The van der Waals surface area contributed by atoms with Gasteiger partial charge in [0.15, 0.2) is 0 Å². The van der Waals surface area contributed by atoms with E-state index in [1.807, 2.05) is 37.3 Å². The average molecular weight is 374 g/mol. The minimum absolute atomic E-state index is 0.0413. The molecule has 5 nitrogen and oxygen atoms in total. The smallest absolute Gasteiger partial charge is 0.328 e. The monoisotopic (exact) mass is 374 g/mol. The van der Waals surface area contributed by atoms with Gasteiger partial charge in [-0.25, -0.2) is 4.79 Å². The molecule has 0 aliphatic heterocycles. The lowest BCUT2D eigenvalue weighted by atomic mass is 9.98. The Hall–Kier alpha value is -2.36. The third-order valence-corrected chi connectivity index (χ3v) is 5.85. The second kappa shape index (κ2) is 8.35. The summed E-state index contributed by atoms with van der Waals surface area (Å²) in [6.45, 7) is 3.55. The first kappa shape index (κ1) is 20.0. The Bertz CT molecular complexity index is 848. The van der Waals surface area contributed by atoms with E-state index in [2.05, 4.69) is 0 Å². The molecule has 0 spiro atoms. The van der Waals surface area contributed by atoms with Crippen LogP contribution in [0.3, 0.4) is 0 Å². The van der Waals surface area contributed by atoms with Crippen LogP contribution in [0.5, 0.6) is 5.75 Å². The minimum Gasteiger partial charge on any atom is -0.507 e. The summed E-state index contributed by atoms with van der Waals surface area (Å²) < 4.78 is 12.7. The summed E-state index contributed by atoms with van der Waals surface area (Å²) in [4.78, 5) is 21.6. The van der Waals surface area contributed by atoms with Gasteiger partial charge in [0.1, 0.15) is 5.75 Å². The minimum atomic E-state index is -3.63. The van der Waals surface area contributed by atoms with Crippen molar-refractivity contribution < 1.29 is 24.5 Å². The van der Waals surface area contributed by atoms with E-state index in [1.165, 1.54) is 6.07 Å². The Labute approximate surface area is 153 Å². The van der Waals surface area contributed by atoms with Crippen molar-refractivity contribution in [2.24, 2.45) is 0 Å². The number of allylic oxidation sites excluding steroid dienone is 1. The van der Waals surface area contributed by atoms with Gasteiger partial charge in [0.25, 0.3) is 0 Å². The fourth-order valence-electron chi connectivity index (χ4n) is 3.00. The van der Waals surface area contributed by atoms with Gasteiger partial charge in [-0.2, -0.15) is 0 Å². The lowest BCUT2D eigenvalue weighted by Crippen LogP contribution is -2.04. The van der Waals surface area contributed by atoms with Crippen LogP contribution < -0.4 is 0 Å². The first-order valence-electron chi connectivity index (χ1n) is 8.27. The molecule has 0 fully saturated rings. The zero-order valence-corrected chi connectivity index (χ0v) is 15.7. The quantitative estimate of drug-likeness (QED) is 0.503. The standard InChI is InChI=1S/C20H23O5P/c1-14-10-15(2)20(18(21)11-14)17(12-19(22)23)13-26(24,25)9-8-16-6-4-3-5-7-16/h3-7,10-12,21H,8-9,13H2,1-2H3,(H,22,23)(H,24,25)/b17-12-. The molecule has 3 N–H and O–H groups in total. The molecule has 138 valence electrons. The van der Waals surface area contributed by atoms with Crippen LogP contribution in [0.15, 0.2) is 48.5 Å². The Morgan fingerprint density at radius 1 is 1.15 bits per heavy atom. The number of phenolic OH excluding ortho intramolecular Hbond substituents is 1. The molecule has 1 atom stereocenters. The normalized spacial score (nSPS) is 14.0. The van der Waals surface area contributed by atoms with Crippen LogP contribution in [-0.2, 0) is 15.8 Å². The Morgan fingerprint density at radius 3 is 2.38 bits per heavy atom. The maximum absolute atomic E-state index is 12.7. The molecule has 2 aromatic rings. The molecular weight excluding hydrogens is 351 g/mol.